The summed E-state index contributed by atoms with van der Waals surface area (Å²) in [6.45, 7) is 8.10. The van der Waals surface area contributed by atoms with E-state index in [2.05, 4.69) is 41.4 Å². The van der Waals surface area contributed by atoms with Crippen LogP contribution < -0.4 is 5.32 Å². The molecule has 1 aliphatic heterocycles. The van der Waals surface area contributed by atoms with Crippen molar-refractivity contribution in [2.24, 2.45) is 0 Å². The van der Waals surface area contributed by atoms with Crippen LogP contribution in [0.5, 0.6) is 0 Å². The second-order valence-corrected chi connectivity index (χ2v) is 4.25. The van der Waals surface area contributed by atoms with E-state index in [-0.39, 0.29) is 0 Å². The van der Waals surface area contributed by atoms with Crippen molar-refractivity contribution in [2.45, 2.75) is 6.92 Å². The topological polar surface area (TPSA) is 24.5 Å². The average Bonchev–Trinajstić information content (AvgIpc) is 2.30. The van der Waals surface area contributed by atoms with Crippen LogP contribution in [0.2, 0.25) is 0 Å². The molecule has 1 aromatic rings. The Morgan fingerprint density at radius 1 is 1.31 bits per heavy atom. The fourth-order valence-electron chi connectivity index (χ4n) is 1.94. The number of hydrogen-bond donors (Lipinski definition) is 1. The molecular formula is C13H20N2O. The van der Waals surface area contributed by atoms with E-state index in [4.69, 9.17) is 4.74 Å². The first-order valence-corrected chi connectivity index (χ1v) is 5.95. The third-order valence-electron chi connectivity index (χ3n) is 2.88. The van der Waals surface area contributed by atoms with Crippen molar-refractivity contribution in [2.75, 3.05) is 44.7 Å². The normalized spacial score (nSPS) is 17.3. The summed E-state index contributed by atoms with van der Waals surface area (Å²) in [4.78, 5) is 2.44. The number of nitrogens with zero attached hydrogens (tertiary/aromatic N) is 1. The SMILES string of the molecule is Cc1cccc(NCCN2CCOCC2)c1. The fourth-order valence-corrected chi connectivity index (χ4v) is 1.94. The lowest BCUT2D eigenvalue weighted by molar-refractivity contribution is 0.0398. The molecule has 0 spiro atoms. The van der Waals surface area contributed by atoms with Gasteiger partial charge in [-0.3, -0.25) is 4.90 Å². The van der Waals surface area contributed by atoms with Crippen molar-refractivity contribution in [3.63, 3.8) is 0 Å². The van der Waals surface area contributed by atoms with E-state index in [9.17, 15) is 0 Å². The van der Waals surface area contributed by atoms with E-state index in [0.29, 0.717) is 0 Å². The molecule has 2 rings (SSSR count). The summed E-state index contributed by atoms with van der Waals surface area (Å²) >= 11 is 0. The predicted molar refractivity (Wildman–Crippen MR) is 66.9 cm³/mol. The van der Waals surface area contributed by atoms with Crippen molar-refractivity contribution in [3.05, 3.63) is 29.8 Å². The van der Waals surface area contributed by atoms with Gasteiger partial charge in [-0.2, -0.15) is 0 Å². The standard InChI is InChI=1S/C13H20N2O/c1-12-3-2-4-13(11-12)14-5-6-15-7-9-16-10-8-15/h2-4,11,14H,5-10H2,1H3. The maximum Gasteiger partial charge on any atom is 0.0594 e. The Balaban J connectivity index is 1.71. The molecule has 0 saturated carbocycles. The molecule has 0 bridgehead atoms. The monoisotopic (exact) mass is 220 g/mol. The van der Waals surface area contributed by atoms with Gasteiger partial charge < -0.3 is 10.1 Å². The minimum absolute atomic E-state index is 0.879. The Bertz CT molecular complexity index is 321. The second kappa shape index (κ2) is 5.87. The minimum Gasteiger partial charge on any atom is -0.384 e. The van der Waals surface area contributed by atoms with Crippen molar-refractivity contribution in [3.8, 4) is 0 Å². The number of hydrogen-bond acceptors (Lipinski definition) is 3. The molecule has 0 radical (unpaired) electrons. The van der Waals surface area contributed by atoms with Gasteiger partial charge in [0.1, 0.15) is 0 Å². The minimum atomic E-state index is 0.879. The number of ether oxygens (including phenoxy) is 1. The highest BCUT2D eigenvalue weighted by atomic mass is 16.5. The largest absolute Gasteiger partial charge is 0.384 e. The molecule has 0 atom stereocenters. The van der Waals surface area contributed by atoms with Crippen LogP contribution in [0, 0.1) is 6.92 Å². The first kappa shape index (κ1) is 11.4. The molecule has 16 heavy (non-hydrogen) atoms. The first-order chi connectivity index (χ1) is 7.84. The molecule has 0 amide bonds. The van der Waals surface area contributed by atoms with Crippen molar-refractivity contribution in [1.82, 2.24) is 4.90 Å². The first-order valence-electron chi connectivity index (χ1n) is 5.95. The number of nitrogens with one attached hydrogen (secondary N) is 1. The van der Waals surface area contributed by atoms with Crippen molar-refractivity contribution in [1.29, 1.82) is 0 Å². The molecule has 1 aromatic carbocycles. The van der Waals surface area contributed by atoms with Crippen LogP contribution in [-0.4, -0.2) is 44.3 Å². The van der Waals surface area contributed by atoms with Crippen LogP contribution in [0.1, 0.15) is 5.56 Å². The van der Waals surface area contributed by atoms with Gasteiger partial charge in [0.05, 0.1) is 13.2 Å². The predicted octanol–water partition coefficient (Wildman–Crippen LogP) is 1.74. The lowest BCUT2D eigenvalue weighted by atomic mass is 10.2. The summed E-state index contributed by atoms with van der Waals surface area (Å²) in [5.41, 5.74) is 2.52. The van der Waals surface area contributed by atoms with Gasteiger partial charge in [0, 0.05) is 31.9 Å². The maximum atomic E-state index is 5.32. The van der Waals surface area contributed by atoms with Gasteiger partial charge in [0.15, 0.2) is 0 Å². The smallest absolute Gasteiger partial charge is 0.0594 e. The highest BCUT2D eigenvalue weighted by Gasteiger charge is 2.08. The van der Waals surface area contributed by atoms with Gasteiger partial charge >= 0.3 is 0 Å². The summed E-state index contributed by atoms with van der Waals surface area (Å²) < 4.78 is 5.32. The van der Waals surface area contributed by atoms with Crippen molar-refractivity contribution < 1.29 is 4.74 Å². The number of benzene rings is 1. The Morgan fingerprint density at radius 3 is 2.88 bits per heavy atom. The summed E-state index contributed by atoms with van der Waals surface area (Å²) in [5.74, 6) is 0. The van der Waals surface area contributed by atoms with Gasteiger partial charge in [-0.1, -0.05) is 12.1 Å². The van der Waals surface area contributed by atoms with Gasteiger partial charge in [-0.25, -0.2) is 0 Å². The quantitative estimate of drug-likeness (QED) is 0.836. The molecule has 1 heterocycles. The van der Waals surface area contributed by atoms with Gasteiger partial charge in [0.2, 0.25) is 0 Å². The van der Waals surface area contributed by atoms with E-state index >= 15 is 0 Å². The molecule has 0 aliphatic carbocycles. The van der Waals surface area contributed by atoms with Crippen LogP contribution in [-0.2, 0) is 4.74 Å². The van der Waals surface area contributed by atoms with Crippen molar-refractivity contribution >= 4 is 5.69 Å². The van der Waals surface area contributed by atoms with E-state index < -0.39 is 0 Å². The molecule has 1 N–H and O–H groups in total. The summed E-state index contributed by atoms with van der Waals surface area (Å²) in [5, 5.41) is 3.45. The van der Waals surface area contributed by atoms with Crippen LogP contribution in [0.25, 0.3) is 0 Å². The van der Waals surface area contributed by atoms with E-state index in [0.717, 1.165) is 39.4 Å². The van der Waals surface area contributed by atoms with Crippen LogP contribution in [0.15, 0.2) is 24.3 Å². The molecule has 3 nitrogen and oxygen atoms in total. The molecule has 0 aromatic heterocycles. The average molecular weight is 220 g/mol. The maximum absolute atomic E-state index is 5.32. The number of anilines is 1. The number of rotatable bonds is 4. The molecular weight excluding hydrogens is 200 g/mol. The molecule has 3 heteroatoms. The lowest BCUT2D eigenvalue weighted by Crippen LogP contribution is -2.38. The zero-order chi connectivity index (χ0) is 11.2. The lowest BCUT2D eigenvalue weighted by Gasteiger charge is -2.26. The highest BCUT2D eigenvalue weighted by molar-refractivity contribution is 5.45. The highest BCUT2D eigenvalue weighted by Crippen LogP contribution is 2.08. The Labute approximate surface area is 97.4 Å². The van der Waals surface area contributed by atoms with Crippen LogP contribution >= 0.6 is 0 Å². The summed E-state index contributed by atoms with van der Waals surface area (Å²) in [7, 11) is 0. The summed E-state index contributed by atoms with van der Waals surface area (Å²) in [6.07, 6.45) is 0. The summed E-state index contributed by atoms with van der Waals surface area (Å²) in [6, 6.07) is 8.51. The van der Waals surface area contributed by atoms with E-state index in [1.807, 2.05) is 0 Å². The molecule has 88 valence electrons. The van der Waals surface area contributed by atoms with Gasteiger partial charge in [-0.15, -0.1) is 0 Å². The fraction of sp³-hybridized carbons (Fsp3) is 0.538. The number of morpholine rings is 1. The third kappa shape index (κ3) is 3.51. The van der Waals surface area contributed by atoms with E-state index in [1.54, 1.807) is 0 Å². The van der Waals surface area contributed by atoms with Gasteiger partial charge in [-0.05, 0) is 24.6 Å². The zero-order valence-electron chi connectivity index (χ0n) is 9.91. The van der Waals surface area contributed by atoms with Crippen LogP contribution in [0.4, 0.5) is 5.69 Å². The Morgan fingerprint density at radius 2 is 2.12 bits per heavy atom. The van der Waals surface area contributed by atoms with Gasteiger partial charge in [0.25, 0.3) is 0 Å². The molecule has 0 unspecified atom stereocenters. The van der Waals surface area contributed by atoms with Crippen LogP contribution in [0.3, 0.4) is 0 Å². The zero-order valence-corrected chi connectivity index (χ0v) is 9.91. The third-order valence-corrected chi connectivity index (χ3v) is 2.88. The molecule has 1 fully saturated rings. The second-order valence-electron chi connectivity index (χ2n) is 4.25. The van der Waals surface area contributed by atoms with E-state index in [1.165, 1.54) is 11.3 Å². The number of aryl methyl sites for hydroxylation is 1. The Hall–Kier alpha value is -1.06. The molecule has 1 saturated heterocycles. The molecule has 1 aliphatic rings. The Kier molecular flexibility index (Phi) is 4.19.